The fourth-order valence-electron chi connectivity index (χ4n) is 0.969. The van der Waals surface area contributed by atoms with Gasteiger partial charge in [-0.05, 0) is 6.42 Å². The number of hydrogen-bond donors (Lipinski definition) is 2. The van der Waals surface area contributed by atoms with Crippen molar-refractivity contribution in [1.82, 2.24) is 0 Å². The molecule has 0 aromatic heterocycles. The molecule has 0 radical (unpaired) electrons. The van der Waals surface area contributed by atoms with E-state index in [-0.39, 0.29) is 6.42 Å². The number of carbonyl (C=O) groups is 2. The standard InChI is InChI=1S/C6H11NO3S.C4H7NO3S/c1-3-5(6(7)8)11(9,10)4-2;1-2-9(7,8)3-4(5)6/h4-5H,2-3H2,1H3,(H2,7,8);2H,1,3H2,(H2,5,6). The molecule has 2 amide bonds. The van der Waals surface area contributed by atoms with Gasteiger partial charge in [-0.25, -0.2) is 16.8 Å². The normalized spacial score (nSPS) is 12.4. The topological polar surface area (TPSA) is 154 Å². The van der Waals surface area contributed by atoms with Gasteiger partial charge >= 0.3 is 0 Å². The highest BCUT2D eigenvalue weighted by Gasteiger charge is 2.25. The molecule has 0 spiro atoms. The summed E-state index contributed by atoms with van der Waals surface area (Å²) in [4.78, 5) is 20.5. The molecular weight excluding hydrogens is 308 g/mol. The molecule has 10 heteroatoms. The lowest BCUT2D eigenvalue weighted by Gasteiger charge is -2.06. The van der Waals surface area contributed by atoms with Crippen LogP contribution in [0, 0.1) is 0 Å². The van der Waals surface area contributed by atoms with Gasteiger partial charge in [-0.3, -0.25) is 9.59 Å². The molecule has 8 nitrogen and oxygen atoms in total. The third-order valence-corrected chi connectivity index (χ3v) is 4.93. The highest BCUT2D eigenvalue weighted by molar-refractivity contribution is 7.95. The van der Waals surface area contributed by atoms with Crippen LogP contribution in [0.25, 0.3) is 0 Å². The Labute approximate surface area is 118 Å². The highest BCUT2D eigenvalue weighted by atomic mass is 32.2. The van der Waals surface area contributed by atoms with E-state index in [1.807, 2.05) is 0 Å². The maximum absolute atomic E-state index is 11.0. The van der Waals surface area contributed by atoms with Gasteiger partial charge in [0.05, 0.1) is 0 Å². The molecule has 20 heavy (non-hydrogen) atoms. The summed E-state index contributed by atoms with van der Waals surface area (Å²) >= 11 is 0. The molecule has 0 saturated carbocycles. The van der Waals surface area contributed by atoms with Crippen LogP contribution in [0.3, 0.4) is 0 Å². The minimum absolute atomic E-state index is 0.184. The van der Waals surface area contributed by atoms with Crippen molar-refractivity contribution in [1.29, 1.82) is 0 Å². The van der Waals surface area contributed by atoms with E-state index in [9.17, 15) is 26.4 Å². The lowest BCUT2D eigenvalue weighted by atomic mass is 10.3. The molecule has 0 aromatic carbocycles. The predicted octanol–water partition coefficient (Wildman–Crippen LogP) is -1.16. The smallest absolute Gasteiger partial charge is 0.236 e. The molecule has 4 N–H and O–H groups in total. The Kier molecular flexibility index (Phi) is 8.75. The molecule has 0 aliphatic carbocycles. The van der Waals surface area contributed by atoms with Gasteiger partial charge in [-0.1, -0.05) is 20.1 Å². The van der Waals surface area contributed by atoms with Crippen LogP contribution in [0.5, 0.6) is 0 Å². The maximum Gasteiger partial charge on any atom is 0.236 e. The fraction of sp³-hybridized carbons (Fsp3) is 0.400. The Balaban J connectivity index is 0. The van der Waals surface area contributed by atoms with Crippen molar-refractivity contribution in [3.8, 4) is 0 Å². The third-order valence-electron chi connectivity index (χ3n) is 1.91. The van der Waals surface area contributed by atoms with Crippen molar-refractivity contribution in [3.05, 3.63) is 24.0 Å². The summed E-state index contributed by atoms with van der Waals surface area (Å²) in [6.45, 7) is 7.66. The number of hydrogen-bond acceptors (Lipinski definition) is 6. The largest absolute Gasteiger partial charge is 0.369 e. The predicted molar refractivity (Wildman–Crippen MR) is 75.6 cm³/mol. The second kappa shape index (κ2) is 8.48. The van der Waals surface area contributed by atoms with Gasteiger partial charge in [-0.15, -0.1) is 0 Å². The minimum Gasteiger partial charge on any atom is -0.369 e. The molecule has 1 atom stereocenters. The highest BCUT2D eigenvalue weighted by Crippen LogP contribution is 2.06. The summed E-state index contributed by atoms with van der Waals surface area (Å²) in [5.41, 5.74) is 9.43. The van der Waals surface area contributed by atoms with Crippen molar-refractivity contribution >= 4 is 31.5 Å². The molecule has 0 rings (SSSR count). The average Bonchev–Trinajstić information content (AvgIpc) is 2.28. The molecule has 0 aliphatic rings. The Morgan fingerprint density at radius 3 is 1.65 bits per heavy atom. The van der Waals surface area contributed by atoms with Crippen molar-refractivity contribution in [3.63, 3.8) is 0 Å². The zero-order valence-corrected chi connectivity index (χ0v) is 12.6. The van der Waals surface area contributed by atoms with E-state index in [2.05, 4.69) is 18.9 Å². The number of sulfone groups is 2. The van der Waals surface area contributed by atoms with Gasteiger partial charge in [0, 0.05) is 10.8 Å². The van der Waals surface area contributed by atoms with Gasteiger partial charge < -0.3 is 11.5 Å². The van der Waals surface area contributed by atoms with Crippen molar-refractivity contribution < 1.29 is 26.4 Å². The molecular formula is C10H18N2O6S2. The van der Waals surface area contributed by atoms with Gasteiger partial charge in [0.15, 0.2) is 19.7 Å². The summed E-state index contributed by atoms with van der Waals surface area (Å²) in [5.74, 6) is -2.35. The second-order valence-corrected chi connectivity index (χ2v) is 7.52. The van der Waals surface area contributed by atoms with E-state index in [1.165, 1.54) is 0 Å². The van der Waals surface area contributed by atoms with Crippen LogP contribution in [-0.2, 0) is 29.3 Å². The summed E-state index contributed by atoms with van der Waals surface area (Å²) in [7, 11) is -6.95. The molecule has 0 aromatic rings. The van der Waals surface area contributed by atoms with Crippen LogP contribution < -0.4 is 11.5 Å². The van der Waals surface area contributed by atoms with Crippen LogP contribution in [0.2, 0.25) is 0 Å². The molecule has 0 heterocycles. The fourth-order valence-corrected chi connectivity index (χ4v) is 2.50. The number of amides is 2. The Hall–Kier alpha value is -1.68. The number of nitrogens with two attached hydrogens (primary N) is 2. The molecule has 0 bridgehead atoms. The monoisotopic (exact) mass is 326 g/mol. The number of carbonyl (C=O) groups excluding carboxylic acids is 2. The Morgan fingerprint density at radius 1 is 1.10 bits per heavy atom. The van der Waals surface area contributed by atoms with Crippen LogP contribution in [0.1, 0.15) is 13.3 Å². The first-order valence-electron chi connectivity index (χ1n) is 5.22. The van der Waals surface area contributed by atoms with Gasteiger partial charge in [-0.2, -0.15) is 0 Å². The molecule has 0 saturated heterocycles. The first-order chi connectivity index (χ1) is 8.93. The minimum atomic E-state index is -3.52. The maximum atomic E-state index is 11.0. The Morgan fingerprint density at radius 2 is 1.55 bits per heavy atom. The quantitative estimate of drug-likeness (QED) is 0.601. The zero-order chi connectivity index (χ0) is 16.6. The van der Waals surface area contributed by atoms with E-state index >= 15 is 0 Å². The van der Waals surface area contributed by atoms with Crippen molar-refractivity contribution in [2.75, 3.05) is 5.75 Å². The van der Waals surface area contributed by atoms with E-state index in [0.717, 1.165) is 5.41 Å². The summed E-state index contributed by atoms with van der Waals surface area (Å²) in [6.07, 6.45) is 0.184. The number of rotatable bonds is 7. The van der Waals surface area contributed by atoms with E-state index in [0.29, 0.717) is 5.41 Å². The van der Waals surface area contributed by atoms with Gasteiger partial charge in [0.1, 0.15) is 11.0 Å². The first-order valence-corrected chi connectivity index (χ1v) is 8.55. The van der Waals surface area contributed by atoms with E-state index in [1.54, 1.807) is 6.92 Å². The van der Waals surface area contributed by atoms with Crippen LogP contribution in [0.15, 0.2) is 24.0 Å². The first kappa shape index (κ1) is 20.6. The third kappa shape index (κ3) is 8.43. The second-order valence-electron chi connectivity index (χ2n) is 3.50. The lowest BCUT2D eigenvalue weighted by Crippen LogP contribution is -2.34. The van der Waals surface area contributed by atoms with E-state index < -0.39 is 42.5 Å². The van der Waals surface area contributed by atoms with Crippen LogP contribution >= 0.6 is 0 Å². The molecule has 0 aliphatic heterocycles. The van der Waals surface area contributed by atoms with Crippen LogP contribution in [-0.4, -0.2) is 39.7 Å². The summed E-state index contributed by atoms with van der Waals surface area (Å²) in [5, 5.41) is 0.337. The average molecular weight is 326 g/mol. The molecule has 1 unspecified atom stereocenters. The molecule has 116 valence electrons. The SMILES string of the molecule is C=CS(=O)(=O)C(CC)C(N)=O.C=CS(=O)(=O)CC(N)=O. The van der Waals surface area contributed by atoms with Crippen molar-refractivity contribution in [2.24, 2.45) is 11.5 Å². The lowest BCUT2D eigenvalue weighted by molar-refractivity contribution is -0.118. The van der Waals surface area contributed by atoms with Gasteiger partial charge in [0.2, 0.25) is 11.8 Å². The van der Waals surface area contributed by atoms with Crippen LogP contribution in [0.4, 0.5) is 0 Å². The van der Waals surface area contributed by atoms with Crippen molar-refractivity contribution in [2.45, 2.75) is 18.6 Å². The Bertz CT molecular complexity index is 577. The number of primary amides is 2. The zero-order valence-electron chi connectivity index (χ0n) is 11.0. The van der Waals surface area contributed by atoms with Gasteiger partial charge in [0.25, 0.3) is 0 Å². The summed E-state index contributed by atoms with van der Waals surface area (Å²) < 4.78 is 42.7. The summed E-state index contributed by atoms with van der Waals surface area (Å²) in [6, 6.07) is 0. The van der Waals surface area contributed by atoms with E-state index in [4.69, 9.17) is 5.73 Å². The molecule has 0 fully saturated rings.